The van der Waals surface area contributed by atoms with Crippen LogP contribution in [0.3, 0.4) is 0 Å². The molecule has 0 aromatic heterocycles. The van der Waals surface area contributed by atoms with E-state index in [2.05, 4.69) is 10.6 Å². The smallest absolute Gasteiger partial charge is 0.239 e. The molecule has 2 N–H and O–H groups in total. The molecule has 1 atom stereocenters. The maximum absolute atomic E-state index is 12.3. The van der Waals surface area contributed by atoms with Crippen molar-refractivity contribution in [3.05, 3.63) is 81.8 Å². The summed E-state index contributed by atoms with van der Waals surface area (Å²) in [5, 5.41) is 8.64. The number of carbonyl (C=O) groups excluding carboxylic acids is 2. The first-order valence-electron chi connectivity index (χ1n) is 8.91. The average Bonchev–Trinajstić information content (AvgIpc) is 2.66. The third-order valence-corrected chi connectivity index (χ3v) is 5.05. The molecule has 0 saturated carbocycles. The molecule has 0 bridgehead atoms. The van der Waals surface area contributed by atoms with Crippen LogP contribution in [-0.2, 0) is 16.0 Å². The van der Waals surface area contributed by atoms with Gasteiger partial charge in [0.2, 0.25) is 11.8 Å². The molecule has 3 rings (SSSR count). The highest BCUT2D eigenvalue weighted by Crippen LogP contribution is 2.26. The molecule has 2 amide bonds. The fourth-order valence-electron chi connectivity index (χ4n) is 3.08. The van der Waals surface area contributed by atoms with E-state index in [0.29, 0.717) is 10.0 Å². The van der Waals surface area contributed by atoms with Crippen molar-refractivity contribution in [3.8, 4) is 0 Å². The van der Waals surface area contributed by atoms with Crippen LogP contribution in [0.5, 0.6) is 0 Å². The van der Waals surface area contributed by atoms with Crippen molar-refractivity contribution >= 4 is 45.8 Å². The molecule has 3 aromatic carbocycles. The molecule has 3 aromatic rings. The van der Waals surface area contributed by atoms with Gasteiger partial charge in [0.05, 0.1) is 19.0 Å². The van der Waals surface area contributed by atoms with Crippen LogP contribution in [0.25, 0.3) is 10.8 Å². The molecule has 0 aliphatic carbocycles. The van der Waals surface area contributed by atoms with Gasteiger partial charge in [0.15, 0.2) is 0 Å². The summed E-state index contributed by atoms with van der Waals surface area (Å²) in [6, 6.07) is 18.6. The lowest BCUT2D eigenvalue weighted by molar-refractivity contribution is -0.126. The fourth-order valence-corrected chi connectivity index (χ4v) is 3.66. The molecule has 0 aliphatic rings. The standard InChI is InChI=1S/C22H20Cl2N2O2/c1-14(18-10-9-17(23)12-20(18)24)26-22(28)13-25-21(27)11-16-7-4-6-15-5-2-3-8-19(15)16/h2-10,12,14H,11,13H2,1H3,(H,25,27)(H,26,28)/t14-/m1/s1. The van der Waals surface area contributed by atoms with Crippen molar-refractivity contribution in [1.29, 1.82) is 0 Å². The first-order chi connectivity index (χ1) is 13.4. The molecular weight excluding hydrogens is 395 g/mol. The molecule has 28 heavy (non-hydrogen) atoms. The van der Waals surface area contributed by atoms with Gasteiger partial charge in [0.1, 0.15) is 0 Å². The highest BCUT2D eigenvalue weighted by molar-refractivity contribution is 6.35. The van der Waals surface area contributed by atoms with Gasteiger partial charge in [-0.1, -0.05) is 71.7 Å². The Hall–Kier alpha value is -2.56. The fraction of sp³-hybridized carbons (Fsp3) is 0.182. The Bertz CT molecular complexity index is 1020. The van der Waals surface area contributed by atoms with Crippen molar-refractivity contribution in [2.24, 2.45) is 0 Å². The zero-order valence-corrected chi connectivity index (χ0v) is 16.8. The Morgan fingerprint density at radius 2 is 1.71 bits per heavy atom. The minimum Gasteiger partial charge on any atom is -0.348 e. The summed E-state index contributed by atoms with van der Waals surface area (Å²) in [4.78, 5) is 24.5. The molecule has 0 saturated heterocycles. The summed E-state index contributed by atoms with van der Waals surface area (Å²) in [6.07, 6.45) is 0.215. The number of carbonyl (C=O) groups is 2. The van der Waals surface area contributed by atoms with Crippen LogP contribution in [-0.4, -0.2) is 18.4 Å². The second-order valence-corrected chi connectivity index (χ2v) is 7.39. The predicted octanol–water partition coefficient (Wildman–Crippen LogP) is 4.68. The summed E-state index contributed by atoms with van der Waals surface area (Å²) in [7, 11) is 0. The lowest BCUT2D eigenvalue weighted by Crippen LogP contribution is -2.38. The Balaban J connectivity index is 1.54. The topological polar surface area (TPSA) is 58.2 Å². The summed E-state index contributed by atoms with van der Waals surface area (Å²) in [6.45, 7) is 1.73. The van der Waals surface area contributed by atoms with E-state index >= 15 is 0 Å². The molecule has 0 radical (unpaired) electrons. The minimum absolute atomic E-state index is 0.0981. The highest BCUT2D eigenvalue weighted by atomic mass is 35.5. The zero-order chi connectivity index (χ0) is 20.1. The summed E-state index contributed by atoms with van der Waals surface area (Å²) >= 11 is 12.1. The first-order valence-corrected chi connectivity index (χ1v) is 9.67. The van der Waals surface area contributed by atoms with Gasteiger partial charge < -0.3 is 10.6 Å². The van der Waals surface area contributed by atoms with Crippen LogP contribution in [0.1, 0.15) is 24.1 Å². The van der Waals surface area contributed by atoms with Crippen LogP contribution in [0.15, 0.2) is 60.7 Å². The quantitative estimate of drug-likeness (QED) is 0.614. The third kappa shape index (κ3) is 5.03. The number of halogens is 2. The van der Waals surface area contributed by atoms with Crippen LogP contribution in [0, 0.1) is 0 Å². The van der Waals surface area contributed by atoms with Gasteiger partial charge in [-0.05, 0) is 41.0 Å². The predicted molar refractivity (Wildman–Crippen MR) is 114 cm³/mol. The molecule has 0 aliphatic heterocycles. The lowest BCUT2D eigenvalue weighted by atomic mass is 10.0. The number of nitrogens with one attached hydrogen (secondary N) is 2. The van der Waals surface area contributed by atoms with Gasteiger partial charge in [-0.15, -0.1) is 0 Å². The molecule has 6 heteroatoms. The zero-order valence-electron chi connectivity index (χ0n) is 15.3. The number of hydrogen-bond acceptors (Lipinski definition) is 2. The summed E-state index contributed by atoms with van der Waals surface area (Å²) in [5.41, 5.74) is 1.69. The van der Waals surface area contributed by atoms with Crippen LogP contribution in [0.2, 0.25) is 10.0 Å². The number of hydrogen-bond donors (Lipinski definition) is 2. The van der Waals surface area contributed by atoms with Crippen LogP contribution >= 0.6 is 23.2 Å². The second-order valence-electron chi connectivity index (χ2n) is 6.55. The number of fused-ring (bicyclic) bond motifs is 1. The van der Waals surface area contributed by atoms with E-state index in [4.69, 9.17) is 23.2 Å². The maximum Gasteiger partial charge on any atom is 0.239 e. The largest absolute Gasteiger partial charge is 0.348 e. The molecule has 4 nitrogen and oxygen atoms in total. The first kappa shape index (κ1) is 20.2. The van der Waals surface area contributed by atoms with Crippen molar-refractivity contribution in [2.45, 2.75) is 19.4 Å². The van der Waals surface area contributed by atoms with E-state index in [1.54, 1.807) is 18.2 Å². The number of rotatable bonds is 6. The Morgan fingerprint density at radius 1 is 0.964 bits per heavy atom. The second kappa shape index (κ2) is 9.09. The van der Waals surface area contributed by atoms with Crippen molar-refractivity contribution in [1.82, 2.24) is 10.6 Å². The van der Waals surface area contributed by atoms with Gasteiger partial charge in [0, 0.05) is 10.0 Å². The monoisotopic (exact) mass is 414 g/mol. The van der Waals surface area contributed by atoms with Crippen molar-refractivity contribution in [2.75, 3.05) is 6.54 Å². The Kier molecular flexibility index (Phi) is 6.55. The minimum atomic E-state index is -0.299. The molecule has 0 fully saturated rings. The number of amides is 2. The van der Waals surface area contributed by atoms with E-state index in [0.717, 1.165) is 21.9 Å². The molecule has 0 unspecified atom stereocenters. The van der Waals surface area contributed by atoms with Crippen LogP contribution in [0.4, 0.5) is 0 Å². The van der Waals surface area contributed by atoms with Gasteiger partial charge >= 0.3 is 0 Å². The lowest BCUT2D eigenvalue weighted by Gasteiger charge is -2.16. The van der Waals surface area contributed by atoms with Crippen molar-refractivity contribution in [3.63, 3.8) is 0 Å². The SMILES string of the molecule is C[C@@H](NC(=O)CNC(=O)Cc1cccc2ccccc12)c1ccc(Cl)cc1Cl. The normalized spacial score (nSPS) is 11.8. The Labute approximate surface area is 173 Å². The molecule has 0 spiro atoms. The van der Waals surface area contributed by atoms with Crippen LogP contribution < -0.4 is 10.6 Å². The Morgan fingerprint density at radius 3 is 2.50 bits per heavy atom. The molecular formula is C22H20Cl2N2O2. The van der Waals surface area contributed by atoms with Gasteiger partial charge in [0.25, 0.3) is 0 Å². The summed E-state index contributed by atoms with van der Waals surface area (Å²) < 4.78 is 0. The van der Waals surface area contributed by atoms with E-state index < -0.39 is 0 Å². The van der Waals surface area contributed by atoms with E-state index in [-0.39, 0.29) is 30.8 Å². The van der Waals surface area contributed by atoms with Crippen molar-refractivity contribution < 1.29 is 9.59 Å². The molecule has 144 valence electrons. The number of benzene rings is 3. The summed E-state index contributed by atoms with van der Waals surface area (Å²) in [5.74, 6) is -0.492. The third-order valence-electron chi connectivity index (χ3n) is 4.48. The molecule has 0 heterocycles. The van der Waals surface area contributed by atoms with E-state index in [1.807, 2.05) is 49.4 Å². The maximum atomic E-state index is 12.3. The van der Waals surface area contributed by atoms with E-state index in [9.17, 15) is 9.59 Å². The van der Waals surface area contributed by atoms with Gasteiger partial charge in [-0.3, -0.25) is 9.59 Å². The highest BCUT2D eigenvalue weighted by Gasteiger charge is 2.14. The van der Waals surface area contributed by atoms with Gasteiger partial charge in [-0.25, -0.2) is 0 Å². The van der Waals surface area contributed by atoms with E-state index in [1.165, 1.54) is 0 Å². The van der Waals surface area contributed by atoms with Gasteiger partial charge in [-0.2, -0.15) is 0 Å². The average molecular weight is 415 g/mol.